The molecule has 3 rings (SSSR count). The molecule has 0 N–H and O–H groups in total. The lowest BCUT2D eigenvalue weighted by Gasteiger charge is -2.05. The number of benzene rings is 3. The van der Waals surface area contributed by atoms with Gasteiger partial charge in [0.15, 0.2) is 0 Å². The van der Waals surface area contributed by atoms with Crippen LogP contribution < -0.4 is 0 Å². The van der Waals surface area contributed by atoms with Crippen molar-refractivity contribution in [1.29, 1.82) is 0 Å². The number of hydrogen-bond acceptors (Lipinski definition) is 0. The summed E-state index contributed by atoms with van der Waals surface area (Å²) < 4.78 is 41.6. The maximum atomic E-state index is 14.7. The van der Waals surface area contributed by atoms with Crippen molar-refractivity contribution in [3.8, 4) is 11.8 Å². The Morgan fingerprint density at radius 1 is 0.962 bits per heavy atom. The second-order valence-corrected chi connectivity index (χ2v) is 6.19. The van der Waals surface area contributed by atoms with Gasteiger partial charge in [-0.1, -0.05) is 53.8 Å². The van der Waals surface area contributed by atoms with Crippen molar-refractivity contribution in [3.63, 3.8) is 0 Å². The van der Waals surface area contributed by atoms with E-state index in [1.54, 1.807) is 18.2 Å². The number of aryl methyl sites for hydroxylation is 1. The smallest absolute Gasteiger partial charge is 0.146 e. The van der Waals surface area contributed by atoms with Gasteiger partial charge in [-0.15, -0.1) is 6.58 Å². The van der Waals surface area contributed by atoms with Gasteiger partial charge in [-0.25, -0.2) is 13.2 Å². The van der Waals surface area contributed by atoms with Gasteiger partial charge in [-0.2, -0.15) is 0 Å². The van der Waals surface area contributed by atoms with Crippen molar-refractivity contribution in [2.45, 2.75) is 12.8 Å². The van der Waals surface area contributed by atoms with E-state index in [1.165, 1.54) is 0 Å². The molecule has 0 aliphatic carbocycles. The van der Waals surface area contributed by atoms with Gasteiger partial charge in [0, 0.05) is 10.9 Å². The Morgan fingerprint density at radius 3 is 2.38 bits per heavy atom. The van der Waals surface area contributed by atoms with Crippen LogP contribution in [0.4, 0.5) is 13.2 Å². The first-order valence-electron chi connectivity index (χ1n) is 7.98. The summed E-state index contributed by atoms with van der Waals surface area (Å²) >= 11 is 5.44. The lowest BCUT2D eigenvalue weighted by atomic mass is 10.0. The Balaban J connectivity index is 1.97. The van der Waals surface area contributed by atoms with Gasteiger partial charge in [-0.05, 0) is 42.0 Å². The maximum Gasteiger partial charge on any atom is 0.146 e. The first-order chi connectivity index (χ1) is 12.5. The molecular weight excluding hydrogens is 357 g/mol. The second-order valence-electron chi connectivity index (χ2n) is 5.81. The van der Waals surface area contributed by atoms with Gasteiger partial charge in [0.25, 0.3) is 0 Å². The third-order valence-corrected chi connectivity index (χ3v) is 4.34. The Hall–Kier alpha value is -2.70. The largest absolute Gasteiger partial charge is 0.205 e. The number of hydrogen-bond donors (Lipinski definition) is 0. The highest BCUT2D eigenvalue weighted by Crippen LogP contribution is 2.23. The SMILES string of the molecule is C=CCCc1ccc2c(F)c(C#Cc3cc(F)c(Cl)c(F)c3)ccc2c1. The zero-order valence-corrected chi connectivity index (χ0v) is 14.5. The fourth-order valence-corrected chi connectivity index (χ4v) is 2.74. The average Bonchev–Trinajstić information content (AvgIpc) is 2.63. The molecule has 0 bridgehead atoms. The van der Waals surface area contributed by atoms with Crippen LogP contribution in [0.15, 0.2) is 55.1 Å². The van der Waals surface area contributed by atoms with Crippen LogP contribution in [0.3, 0.4) is 0 Å². The molecule has 0 spiro atoms. The van der Waals surface area contributed by atoms with Gasteiger partial charge >= 0.3 is 0 Å². The van der Waals surface area contributed by atoms with Gasteiger partial charge in [0.1, 0.15) is 22.5 Å². The predicted octanol–water partition coefficient (Wildman–Crippen LogP) is 6.43. The van der Waals surface area contributed by atoms with Gasteiger partial charge in [-0.3, -0.25) is 0 Å². The number of halogens is 4. The van der Waals surface area contributed by atoms with Crippen LogP contribution in [0.5, 0.6) is 0 Å². The van der Waals surface area contributed by atoms with E-state index in [0.29, 0.717) is 5.39 Å². The van der Waals surface area contributed by atoms with Crippen LogP contribution in [0.1, 0.15) is 23.1 Å². The third kappa shape index (κ3) is 3.76. The molecule has 4 heteroatoms. The summed E-state index contributed by atoms with van der Waals surface area (Å²) in [6.07, 6.45) is 3.54. The van der Waals surface area contributed by atoms with E-state index in [1.807, 2.05) is 18.2 Å². The van der Waals surface area contributed by atoms with E-state index < -0.39 is 22.5 Å². The lowest BCUT2D eigenvalue weighted by Crippen LogP contribution is -1.90. The molecule has 3 aromatic carbocycles. The van der Waals surface area contributed by atoms with Crippen molar-refractivity contribution in [1.82, 2.24) is 0 Å². The molecule has 0 heterocycles. The molecule has 0 aromatic heterocycles. The predicted molar refractivity (Wildman–Crippen MR) is 99.8 cm³/mol. The Kier molecular flexibility index (Phi) is 5.35. The summed E-state index contributed by atoms with van der Waals surface area (Å²) in [5.74, 6) is 2.94. The average molecular weight is 371 g/mol. The third-order valence-electron chi connectivity index (χ3n) is 3.98. The molecule has 0 saturated heterocycles. The molecule has 0 radical (unpaired) electrons. The van der Waals surface area contributed by atoms with Crippen LogP contribution >= 0.6 is 11.6 Å². The minimum Gasteiger partial charge on any atom is -0.205 e. The monoisotopic (exact) mass is 370 g/mol. The van der Waals surface area contributed by atoms with E-state index in [-0.39, 0.29) is 11.1 Å². The zero-order valence-electron chi connectivity index (χ0n) is 13.8. The lowest BCUT2D eigenvalue weighted by molar-refractivity contribution is 0.583. The summed E-state index contributed by atoms with van der Waals surface area (Å²) in [4.78, 5) is 0. The number of fused-ring (bicyclic) bond motifs is 1. The molecule has 0 amide bonds. The minimum atomic E-state index is -0.901. The zero-order chi connectivity index (χ0) is 18.7. The van der Waals surface area contributed by atoms with Crippen LogP contribution in [0, 0.1) is 29.3 Å². The van der Waals surface area contributed by atoms with Crippen molar-refractivity contribution in [2.24, 2.45) is 0 Å². The van der Waals surface area contributed by atoms with Gasteiger partial charge in [0.2, 0.25) is 0 Å². The number of allylic oxidation sites excluding steroid dienone is 1. The van der Waals surface area contributed by atoms with Crippen molar-refractivity contribution < 1.29 is 13.2 Å². The molecular formula is C22H14ClF3. The summed E-state index contributed by atoms with van der Waals surface area (Å²) in [6.45, 7) is 3.70. The molecule has 0 nitrogen and oxygen atoms in total. The molecule has 130 valence electrons. The minimum absolute atomic E-state index is 0.0867. The maximum absolute atomic E-state index is 14.7. The highest BCUT2D eigenvalue weighted by molar-refractivity contribution is 6.30. The van der Waals surface area contributed by atoms with Crippen LogP contribution in [0.25, 0.3) is 10.8 Å². The molecule has 0 unspecified atom stereocenters. The first-order valence-corrected chi connectivity index (χ1v) is 8.36. The molecule has 0 fully saturated rings. The van der Waals surface area contributed by atoms with Crippen LogP contribution in [0.2, 0.25) is 5.02 Å². The van der Waals surface area contributed by atoms with Crippen LogP contribution in [-0.2, 0) is 6.42 Å². The molecule has 0 aliphatic rings. The van der Waals surface area contributed by atoms with E-state index in [2.05, 4.69) is 18.4 Å². The fraction of sp³-hybridized carbons (Fsp3) is 0.0909. The second kappa shape index (κ2) is 7.68. The van der Waals surface area contributed by atoms with Gasteiger partial charge < -0.3 is 0 Å². The standard InChI is InChI=1S/C22H14ClF3/c1-2-3-4-14-6-10-18-17(11-14)9-8-16(22(18)26)7-5-15-12-19(24)21(23)20(25)13-15/h2,6,8-13H,1,3-4H2. The van der Waals surface area contributed by atoms with Crippen molar-refractivity contribution >= 4 is 22.4 Å². The van der Waals surface area contributed by atoms with E-state index >= 15 is 0 Å². The van der Waals surface area contributed by atoms with Crippen LogP contribution in [-0.4, -0.2) is 0 Å². The molecule has 26 heavy (non-hydrogen) atoms. The highest BCUT2D eigenvalue weighted by Gasteiger charge is 2.09. The fourth-order valence-electron chi connectivity index (χ4n) is 2.63. The Labute approximate surface area is 154 Å². The molecule has 0 atom stereocenters. The van der Waals surface area contributed by atoms with E-state index in [0.717, 1.165) is 35.9 Å². The Morgan fingerprint density at radius 2 is 1.69 bits per heavy atom. The quantitative estimate of drug-likeness (QED) is 0.283. The number of rotatable bonds is 3. The topological polar surface area (TPSA) is 0 Å². The summed E-state index contributed by atoms with van der Waals surface area (Å²) in [6, 6.07) is 10.9. The summed E-state index contributed by atoms with van der Waals surface area (Å²) in [5, 5.41) is 0.644. The van der Waals surface area contributed by atoms with E-state index in [9.17, 15) is 13.2 Å². The molecule has 0 aliphatic heterocycles. The van der Waals surface area contributed by atoms with E-state index in [4.69, 9.17) is 11.6 Å². The van der Waals surface area contributed by atoms with Crippen molar-refractivity contribution in [2.75, 3.05) is 0 Å². The van der Waals surface area contributed by atoms with Crippen molar-refractivity contribution in [3.05, 3.63) is 94.3 Å². The van der Waals surface area contributed by atoms with Gasteiger partial charge in [0.05, 0.1) is 5.56 Å². The summed E-state index contributed by atoms with van der Waals surface area (Å²) in [5.41, 5.74) is 1.35. The summed E-state index contributed by atoms with van der Waals surface area (Å²) in [7, 11) is 0. The Bertz CT molecular complexity index is 1040. The normalized spacial score (nSPS) is 10.5. The molecule has 0 saturated carbocycles. The first kappa shape index (κ1) is 18.1. The highest BCUT2D eigenvalue weighted by atomic mass is 35.5. The molecule has 3 aromatic rings.